The summed E-state index contributed by atoms with van der Waals surface area (Å²) in [5.41, 5.74) is 6.91. The van der Waals surface area contributed by atoms with E-state index in [1.807, 2.05) is 20.8 Å². The number of nitrogens with two attached hydrogens (primary N) is 1. The number of piperidine rings is 1. The van der Waals surface area contributed by atoms with Gasteiger partial charge in [-0.25, -0.2) is 9.97 Å². The molecule has 1 aliphatic rings. The van der Waals surface area contributed by atoms with Crippen LogP contribution in [0.4, 0.5) is 24.7 Å². The van der Waals surface area contributed by atoms with Crippen LogP contribution in [0.15, 0.2) is 30.5 Å². The van der Waals surface area contributed by atoms with Gasteiger partial charge in [0.1, 0.15) is 5.82 Å². The fourth-order valence-corrected chi connectivity index (χ4v) is 5.25. The first kappa shape index (κ1) is 24.9. The number of likely N-dealkylation sites (tertiary alicyclic amines) is 1. The van der Waals surface area contributed by atoms with Gasteiger partial charge in [-0.05, 0) is 61.4 Å². The first-order valence-corrected chi connectivity index (χ1v) is 12.1. The number of carbonyl (C=O) groups is 2. The second-order valence-electron chi connectivity index (χ2n) is 9.11. The summed E-state index contributed by atoms with van der Waals surface area (Å²) < 4.78 is 39.8. The molecule has 0 aliphatic carbocycles. The predicted molar refractivity (Wildman–Crippen MR) is 129 cm³/mol. The number of anilines is 2. The van der Waals surface area contributed by atoms with E-state index in [1.165, 1.54) is 11.1 Å². The lowest BCUT2D eigenvalue weighted by Gasteiger charge is -2.47. The monoisotopic (exact) mass is 505 g/mol. The number of halogens is 3. The van der Waals surface area contributed by atoms with Crippen LogP contribution in [0.5, 0.6) is 0 Å². The summed E-state index contributed by atoms with van der Waals surface area (Å²) in [6.45, 7) is 6.07. The molecule has 0 unspecified atom stereocenters. The zero-order chi connectivity index (χ0) is 25.5. The fraction of sp³-hybridized carbons (Fsp3) is 0.417. The molecule has 2 atom stereocenters. The van der Waals surface area contributed by atoms with Crippen molar-refractivity contribution in [3.63, 3.8) is 0 Å². The summed E-state index contributed by atoms with van der Waals surface area (Å²) in [5, 5.41) is 1.70. The Morgan fingerprint density at radius 2 is 2.06 bits per heavy atom. The molecule has 4 rings (SSSR count). The molecule has 186 valence electrons. The number of alkyl halides is 3. The minimum absolute atomic E-state index is 0.157. The predicted octanol–water partition coefficient (Wildman–Crippen LogP) is 4.97. The van der Waals surface area contributed by atoms with Gasteiger partial charge in [-0.3, -0.25) is 9.59 Å². The molecule has 7 nitrogen and oxygen atoms in total. The number of hydrogen-bond acceptors (Lipinski definition) is 6. The number of amides is 2. The van der Waals surface area contributed by atoms with Crippen molar-refractivity contribution in [2.24, 2.45) is 5.92 Å². The maximum atomic E-state index is 13.4. The largest absolute Gasteiger partial charge is 0.443 e. The Bertz CT molecular complexity index is 1290. The Balaban J connectivity index is 1.64. The van der Waals surface area contributed by atoms with Crippen LogP contribution in [0.1, 0.15) is 49.7 Å². The highest BCUT2D eigenvalue weighted by Crippen LogP contribution is 2.42. The molecule has 2 aromatic heterocycles. The van der Waals surface area contributed by atoms with Crippen LogP contribution in [0, 0.1) is 5.92 Å². The lowest BCUT2D eigenvalue weighted by Crippen LogP contribution is -2.55. The van der Waals surface area contributed by atoms with Crippen molar-refractivity contribution in [1.82, 2.24) is 14.9 Å². The maximum Gasteiger partial charge on any atom is 0.443 e. The number of thiazole rings is 1. The van der Waals surface area contributed by atoms with Gasteiger partial charge >= 0.3 is 18.0 Å². The van der Waals surface area contributed by atoms with Gasteiger partial charge < -0.3 is 16.0 Å². The molecule has 0 radical (unpaired) electrons. The van der Waals surface area contributed by atoms with Crippen LogP contribution in [-0.4, -0.2) is 33.2 Å². The molecule has 11 heteroatoms. The number of nitrogens with zero attached hydrogens (tertiary/aromatic N) is 3. The van der Waals surface area contributed by atoms with Crippen molar-refractivity contribution >= 4 is 44.9 Å². The summed E-state index contributed by atoms with van der Waals surface area (Å²) in [6, 6.07) is 6.58. The summed E-state index contributed by atoms with van der Waals surface area (Å²) in [7, 11) is 0. The van der Waals surface area contributed by atoms with E-state index >= 15 is 0 Å². The second-order valence-corrected chi connectivity index (χ2v) is 10.1. The third-order valence-corrected chi connectivity index (χ3v) is 7.63. The Kier molecular flexibility index (Phi) is 6.48. The van der Waals surface area contributed by atoms with E-state index in [4.69, 9.17) is 5.73 Å². The molecular formula is C24H26F3N5O2S. The highest BCUT2D eigenvalue weighted by Gasteiger charge is 2.43. The van der Waals surface area contributed by atoms with Crippen LogP contribution in [0.3, 0.4) is 0 Å². The lowest BCUT2D eigenvalue weighted by molar-refractivity contribution is -0.150. The standard InChI is InChI=1S/C24H26F3N5O2S/c1-4-14-9-16(11-29-19(14)28)30-20(33)21(34)32-12-13(2)7-8-23(32,3)15-5-6-18-17(10-15)31-22(35-18)24(25,26)27/h5-6,9-11,13H,4,7-8,12H2,1-3H3,(H2,28,29)(H,30,33)/t13-,23-/m0/s1. The highest BCUT2D eigenvalue weighted by atomic mass is 32.1. The van der Waals surface area contributed by atoms with E-state index in [1.54, 1.807) is 24.3 Å². The molecule has 1 fully saturated rings. The summed E-state index contributed by atoms with van der Waals surface area (Å²) in [5.74, 6) is -1.01. The first-order chi connectivity index (χ1) is 16.4. The Hall–Kier alpha value is -3.21. The van der Waals surface area contributed by atoms with Crippen LogP contribution in [0.25, 0.3) is 10.2 Å². The molecule has 35 heavy (non-hydrogen) atoms. The van der Waals surface area contributed by atoms with Crippen LogP contribution in [-0.2, 0) is 27.7 Å². The van der Waals surface area contributed by atoms with Gasteiger partial charge in [0, 0.05) is 6.54 Å². The molecule has 3 N–H and O–H groups in total. The number of rotatable bonds is 3. The van der Waals surface area contributed by atoms with E-state index in [0.29, 0.717) is 52.5 Å². The zero-order valence-electron chi connectivity index (χ0n) is 19.6. The van der Waals surface area contributed by atoms with Crippen LogP contribution < -0.4 is 11.1 Å². The average Bonchev–Trinajstić information content (AvgIpc) is 3.25. The van der Waals surface area contributed by atoms with Crippen molar-refractivity contribution in [2.45, 2.75) is 51.7 Å². The number of aromatic nitrogens is 2. The number of pyridine rings is 1. The lowest BCUT2D eigenvalue weighted by atomic mass is 9.79. The van der Waals surface area contributed by atoms with E-state index in [9.17, 15) is 22.8 Å². The Labute approximate surface area is 204 Å². The van der Waals surface area contributed by atoms with E-state index in [0.717, 1.165) is 12.0 Å². The van der Waals surface area contributed by atoms with E-state index in [-0.39, 0.29) is 11.4 Å². The number of benzene rings is 1. The number of fused-ring (bicyclic) bond motifs is 1. The number of carbonyl (C=O) groups excluding carboxylic acids is 2. The Morgan fingerprint density at radius 3 is 2.74 bits per heavy atom. The van der Waals surface area contributed by atoms with E-state index < -0.39 is 28.5 Å². The molecule has 0 spiro atoms. The number of nitrogen functional groups attached to an aromatic ring is 1. The third kappa shape index (κ3) is 4.82. The summed E-state index contributed by atoms with van der Waals surface area (Å²) in [6.07, 6.45) is -1.16. The molecule has 2 amide bonds. The topological polar surface area (TPSA) is 101 Å². The van der Waals surface area contributed by atoms with Crippen molar-refractivity contribution in [1.29, 1.82) is 0 Å². The van der Waals surface area contributed by atoms with Crippen molar-refractivity contribution < 1.29 is 22.8 Å². The molecular weight excluding hydrogens is 479 g/mol. The van der Waals surface area contributed by atoms with Crippen molar-refractivity contribution in [3.05, 3.63) is 46.6 Å². The molecule has 1 saturated heterocycles. The van der Waals surface area contributed by atoms with Gasteiger partial charge in [0.05, 0.1) is 27.6 Å². The molecule has 1 aliphatic heterocycles. The molecule has 0 bridgehead atoms. The minimum Gasteiger partial charge on any atom is -0.383 e. The van der Waals surface area contributed by atoms with Gasteiger partial charge in [-0.1, -0.05) is 19.9 Å². The smallest absolute Gasteiger partial charge is 0.383 e. The van der Waals surface area contributed by atoms with Crippen molar-refractivity contribution in [2.75, 3.05) is 17.6 Å². The normalized spacial score (nSPS) is 20.7. The molecule has 3 heterocycles. The molecule has 1 aromatic carbocycles. The van der Waals surface area contributed by atoms with Gasteiger partial charge in [0.2, 0.25) is 0 Å². The number of aryl methyl sites for hydroxylation is 1. The minimum atomic E-state index is -4.53. The van der Waals surface area contributed by atoms with Gasteiger partial charge in [-0.2, -0.15) is 13.2 Å². The SMILES string of the molecule is CCc1cc(NC(=O)C(=O)N2C[C@@H](C)CC[C@@]2(C)c2ccc3sc(C(F)(F)F)nc3c2)cnc1N. The van der Waals surface area contributed by atoms with Gasteiger partial charge in [0.25, 0.3) is 0 Å². The fourth-order valence-electron chi connectivity index (χ4n) is 4.44. The zero-order valence-corrected chi connectivity index (χ0v) is 20.4. The summed E-state index contributed by atoms with van der Waals surface area (Å²) in [4.78, 5) is 35.7. The third-order valence-electron chi connectivity index (χ3n) is 6.55. The highest BCUT2D eigenvalue weighted by molar-refractivity contribution is 7.18. The van der Waals surface area contributed by atoms with Gasteiger partial charge in [-0.15, -0.1) is 11.3 Å². The average molecular weight is 506 g/mol. The van der Waals surface area contributed by atoms with Crippen molar-refractivity contribution in [3.8, 4) is 0 Å². The maximum absolute atomic E-state index is 13.4. The van der Waals surface area contributed by atoms with Gasteiger partial charge in [0.15, 0.2) is 5.01 Å². The first-order valence-electron chi connectivity index (χ1n) is 11.3. The quantitative estimate of drug-likeness (QED) is 0.490. The van der Waals surface area contributed by atoms with Crippen LogP contribution in [0.2, 0.25) is 0 Å². The Morgan fingerprint density at radius 1 is 1.31 bits per heavy atom. The second kappa shape index (κ2) is 9.10. The summed E-state index contributed by atoms with van der Waals surface area (Å²) >= 11 is 0.580. The molecule has 0 saturated carbocycles. The molecule has 3 aromatic rings. The number of nitrogens with one attached hydrogen (secondary N) is 1. The van der Waals surface area contributed by atoms with E-state index in [2.05, 4.69) is 15.3 Å². The number of hydrogen-bond donors (Lipinski definition) is 2. The van der Waals surface area contributed by atoms with Crippen LogP contribution >= 0.6 is 11.3 Å².